The Morgan fingerprint density at radius 1 is 1.26 bits per heavy atom. The highest BCUT2D eigenvalue weighted by Gasteiger charge is 2.16. The fourth-order valence-electron chi connectivity index (χ4n) is 2.01. The summed E-state index contributed by atoms with van der Waals surface area (Å²) >= 11 is 13.2. The van der Waals surface area contributed by atoms with Gasteiger partial charge in [0.05, 0.1) is 27.4 Å². The van der Waals surface area contributed by atoms with Gasteiger partial charge in [0.2, 0.25) is 0 Å². The Morgan fingerprint density at radius 2 is 2.04 bits per heavy atom. The molecule has 0 saturated heterocycles. The standard InChI is InChI=1S/C15H9Cl2FN2O2S/c1-22-11-5-4-9(16)13-12(11)19-15(23-13)20-14(21)8-3-2-7(18)6-10(8)17/h2-6H,1H3,(H,19,20,21). The molecule has 1 aromatic heterocycles. The first-order valence-electron chi connectivity index (χ1n) is 6.39. The zero-order valence-electron chi connectivity index (χ0n) is 11.7. The van der Waals surface area contributed by atoms with Gasteiger partial charge in [-0.2, -0.15) is 0 Å². The van der Waals surface area contributed by atoms with Crippen molar-refractivity contribution in [2.24, 2.45) is 0 Å². The molecule has 0 aliphatic rings. The van der Waals surface area contributed by atoms with Gasteiger partial charge >= 0.3 is 0 Å². The van der Waals surface area contributed by atoms with Crippen LogP contribution >= 0.6 is 34.5 Å². The minimum absolute atomic E-state index is 0.0271. The fraction of sp³-hybridized carbons (Fsp3) is 0.0667. The van der Waals surface area contributed by atoms with E-state index in [0.29, 0.717) is 26.1 Å². The first kappa shape index (κ1) is 16.0. The number of amides is 1. The van der Waals surface area contributed by atoms with Crippen molar-refractivity contribution in [1.29, 1.82) is 0 Å². The zero-order valence-corrected chi connectivity index (χ0v) is 14.0. The van der Waals surface area contributed by atoms with E-state index < -0.39 is 11.7 Å². The Kier molecular flexibility index (Phi) is 4.39. The maximum atomic E-state index is 13.1. The molecule has 0 fully saturated rings. The van der Waals surface area contributed by atoms with Crippen molar-refractivity contribution in [3.63, 3.8) is 0 Å². The van der Waals surface area contributed by atoms with E-state index in [4.69, 9.17) is 27.9 Å². The molecule has 3 aromatic rings. The highest BCUT2D eigenvalue weighted by Crippen LogP contribution is 2.37. The molecule has 118 valence electrons. The van der Waals surface area contributed by atoms with Crippen molar-refractivity contribution in [2.75, 3.05) is 12.4 Å². The number of hydrogen-bond acceptors (Lipinski definition) is 4. The van der Waals surface area contributed by atoms with Crippen molar-refractivity contribution in [2.45, 2.75) is 0 Å². The number of aromatic nitrogens is 1. The normalized spacial score (nSPS) is 10.8. The smallest absolute Gasteiger partial charge is 0.258 e. The molecule has 0 bridgehead atoms. The van der Waals surface area contributed by atoms with Crippen LogP contribution in [0.3, 0.4) is 0 Å². The van der Waals surface area contributed by atoms with Gasteiger partial charge in [0.15, 0.2) is 5.13 Å². The number of ether oxygens (including phenoxy) is 1. The molecule has 0 saturated carbocycles. The molecule has 3 rings (SSSR count). The van der Waals surface area contributed by atoms with Crippen LogP contribution in [0.4, 0.5) is 9.52 Å². The molecule has 0 aliphatic heterocycles. The number of methoxy groups -OCH3 is 1. The molecule has 4 nitrogen and oxygen atoms in total. The number of hydrogen-bond donors (Lipinski definition) is 1. The Hall–Kier alpha value is -1.89. The Bertz CT molecular complexity index is 914. The summed E-state index contributed by atoms with van der Waals surface area (Å²) < 4.78 is 19.0. The summed E-state index contributed by atoms with van der Waals surface area (Å²) in [5, 5.41) is 3.52. The summed E-state index contributed by atoms with van der Waals surface area (Å²) in [5.74, 6) is -0.437. The highest BCUT2D eigenvalue weighted by atomic mass is 35.5. The maximum Gasteiger partial charge on any atom is 0.258 e. The summed E-state index contributed by atoms with van der Waals surface area (Å²) in [7, 11) is 1.53. The van der Waals surface area contributed by atoms with Gasteiger partial charge in [0.25, 0.3) is 5.91 Å². The lowest BCUT2D eigenvalue weighted by Gasteiger charge is -2.03. The van der Waals surface area contributed by atoms with Crippen LogP contribution in [0.1, 0.15) is 10.4 Å². The number of nitrogens with one attached hydrogen (secondary N) is 1. The van der Waals surface area contributed by atoms with E-state index in [1.807, 2.05) is 0 Å². The summed E-state index contributed by atoms with van der Waals surface area (Å²) in [5.41, 5.74) is 0.718. The number of benzene rings is 2. The lowest BCUT2D eigenvalue weighted by Crippen LogP contribution is -2.12. The van der Waals surface area contributed by atoms with Crippen LogP contribution in [0.25, 0.3) is 10.2 Å². The fourth-order valence-corrected chi connectivity index (χ4v) is 3.41. The summed E-state index contributed by atoms with van der Waals surface area (Å²) in [6, 6.07) is 6.96. The van der Waals surface area contributed by atoms with Crippen molar-refractivity contribution >= 4 is 55.8 Å². The molecule has 8 heteroatoms. The molecule has 23 heavy (non-hydrogen) atoms. The quantitative estimate of drug-likeness (QED) is 0.705. The van der Waals surface area contributed by atoms with Crippen molar-refractivity contribution in [3.8, 4) is 5.75 Å². The molecular formula is C15H9Cl2FN2O2S. The number of anilines is 1. The lowest BCUT2D eigenvalue weighted by atomic mass is 10.2. The van der Waals surface area contributed by atoms with E-state index in [9.17, 15) is 9.18 Å². The minimum Gasteiger partial charge on any atom is -0.494 e. The number of nitrogens with zero attached hydrogens (tertiary/aromatic N) is 1. The molecular weight excluding hydrogens is 362 g/mol. The number of fused-ring (bicyclic) bond motifs is 1. The van der Waals surface area contributed by atoms with Crippen molar-refractivity contribution < 1.29 is 13.9 Å². The molecule has 1 N–H and O–H groups in total. The summed E-state index contributed by atoms with van der Waals surface area (Å²) in [4.78, 5) is 16.6. The van der Waals surface area contributed by atoms with Crippen LogP contribution in [-0.2, 0) is 0 Å². The van der Waals surface area contributed by atoms with Gasteiger partial charge in [-0.25, -0.2) is 9.37 Å². The average molecular weight is 371 g/mol. The van der Waals surface area contributed by atoms with Crippen LogP contribution in [0.15, 0.2) is 30.3 Å². The van der Waals surface area contributed by atoms with Gasteiger partial charge in [0, 0.05) is 0 Å². The summed E-state index contributed by atoms with van der Waals surface area (Å²) in [6.07, 6.45) is 0. The predicted molar refractivity (Wildman–Crippen MR) is 90.5 cm³/mol. The molecule has 0 unspecified atom stereocenters. The van der Waals surface area contributed by atoms with Gasteiger partial charge in [-0.05, 0) is 30.3 Å². The van der Waals surface area contributed by atoms with E-state index in [1.54, 1.807) is 12.1 Å². The minimum atomic E-state index is -0.511. The first-order valence-corrected chi connectivity index (χ1v) is 7.96. The number of halogens is 3. The van der Waals surface area contributed by atoms with Gasteiger partial charge in [-0.15, -0.1) is 0 Å². The Labute approximate surface area is 144 Å². The van der Waals surface area contributed by atoms with Gasteiger partial charge in [-0.1, -0.05) is 34.5 Å². The molecule has 1 amide bonds. The average Bonchev–Trinajstić information content (AvgIpc) is 2.92. The third-order valence-corrected chi connectivity index (χ3v) is 4.82. The number of rotatable bonds is 3. The molecule has 0 spiro atoms. The van der Waals surface area contributed by atoms with E-state index in [-0.39, 0.29) is 10.6 Å². The second kappa shape index (κ2) is 6.31. The van der Waals surface area contributed by atoms with E-state index in [0.717, 1.165) is 6.07 Å². The predicted octanol–water partition coefficient (Wildman–Crippen LogP) is 5.00. The van der Waals surface area contributed by atoms with Crippen LogP contribution in [-0.4, -0.2) is 18.0 Å². The SMILES string of the molecule is COc1ccc(Cl)c2sc(NC(=O)c3ccc(F)cc3Cl)nc12. The van der Waals surface area contributed by atoms with Crippen LogP contribution < -0.4 is 10.1 Å². The monoisotopic (exact) mass is 370 g/mol. The van der Waals surface area contributed by atoms with Crippen molar-refractivity contribution in [1.82, 2.24) is 4.98 Å². The Balaban J connectivity index is 1.95. The second-order valence-corrected chi connectivity index (χ2v) is 6.34. The van der Waals surface area contributed by atoms with Gasteiger partial charge in [-0.3, -0.25) is 10.1 Å². The molecule has 0 atom stereocenters. The van der Waals surface area contributed by atoms with E-state index in [2.05, 4.69) is 10.3 Å². The van der Waals surface area contributed by atoms with E-state index >= 15 is 0 Å². The maximum absolute atomic E-state index is 13.1. The van der Waals surface area contributed by atoms with Crippen LogP contribution in [0.5, 0.6) is 5.75 Å². The van der Waals surface area contributed by atoms with Gasteiger partial charge < -0.3 is 4.74 Å². The molecule has 0 aliphatic carbocycles. The number of thiazole rings is 1. The molecule has 2 aromatic carbocycles. The number of carbonyl (C=O) groups excluding carboxylic acids is 1. The van der Waals surface area contributed by atoms with Crippen molar-refractivity contribution in [3.05, 3.63) is 51.8 Å². The third kappa shape index (κ3) is 3.10. The summed E-state index contributed by atoms with van der Waals surface area (Å²) in [6.45, 7) is 0. The topological polar surface area (TPSA) is 51.2 Å². The van der Waals surface area contributed by atoms with Gasteiger partial charge in [0.1, 0.15) is 17.1 Å². The van der Waals surface area contributed by atoms with E-state index in [1.165, 1.54) is 30.6 Å². The molecule has 0 radical (unpaired) electrons. The first-order chi connectivity index (χ1) is 11.0. The largest absolute Gasteiger partial charge is 0.494 e. The number of carbonyl (C=O) groups is 1. The lowest BCUT2D eigenvalue weighted by molar-refractivity contribution is 0.102. The molecule has 1 heterocycles. The Morgan fingerprint density at radius 3 is 2.74 bits per heavy atom. The highest BCUT2D eigenvalue weighted by molar-refractivity contribution is 7.23. The third-order valence-electron chi connectivity index (χ3n) is 3.07. The van der Waals surface area contributed by atoms with Crippen LogP contribution in [0.2, 0.25) is 10.0 Å². The van der Waals surface area contributed by atoms with Crippen LogP contribution in [0, 0.1) is 5.82 Å². The zero-order chi connectivity index (χ0) is 16.6. The second-order valence-electron chi connectivity index (χ2n) is 4.52.